The highest BCUT2D eigenvalue weighted by molar-refractivity contribution is 6.30. The van der Waals surface area contributed by atoms with Crippen molar-refractivity contribution in [1.82, 2.24) is 0 Å². The van der Waals surface area contributed by atoms with E-state index in [4.69, 9.17) is 5.73 Å². The van der Waals surface area contributed by atoms with Gasteiger partial charge < -0.3 is 5.73 Å². The molecule has 6 aromatic rings. The van der Waals surface area contributed by atoms with E-state index in [0.29, 0.717) is 11.1 Å². The van der Waals surface area contributed by atoms with Crippen LogP contribution in [0.15, 0.2) is 84.9 Å². The van der Waals surface area contributed by atoms with Crippen molar-refractivity contribution < 1.29 is 9.59 Å². The lowest BCUT2D eigenvalue weighted by Gasteiger charge is -2.30. The number of benzene rings is 6. The minimum atomic E-state index is -0.488. The largest absolute Gasteiger partial charge is 0.366 e. The van der Waals surface area contributed by atoms with E-state index in [1.54, 1.807) is 0 Å². The highest BCUT2D eigenvalue weighted by Crippen LogP contribution is 2.42. The van der Waals surface area contributed by atoms with E-state index in [1.165, 1.54) is 0 Å². The number of fused-ring (bicyclic) bond motifs is 5. The molecule has 0 saturated heterocycles. The van der Waals surface area contributed by atoms with Crippen LogP contribution in [-0.2, 0) is 0 Å². The van der Waals surface area contributed by atoms with Crippen LogP contribution in [0.1, 0.15) is 54.1 Å². The van der Waals surface area contributed by atoms with E-state index in [2.05, 4.69) is 26.0 Å². The van der Waals surface area contributed by atoms with Gasteiger partial charge in [-0.3, -0.25) is 14.5 Å². The predicted molar refractivity (Wildman–Crippen MR) is 175 cm³/mol. The molecule has 4 nitrogen and oxygen atoms in total. The normalized spacial score (nSPS) is 11.4. The molecule has 0 atom stereocenters. The van der Waals surface area contributed by atoms with Crippen LogP contribution in [-0.4, -0.2) is 11.8 Å². The van der Waals surface area contributed by atoms with Crippen molar-refractivity contribution in [1.29, 1.82) is 0 Å². The van der Waals surface area contributed by atoms with Gasteiger partial charge in [-0.25, -0.2) is 0 Å². The molecule has 208 valence electrons. The number of carbonyl (C=O) groups excluding carboxylic acids is 2. The van der Waals surface area contributed by atoms with Crippen molar-refractivity contribution in [2.45, 2.75) is 41.5 Å². The zero-order chi connectivity index (χ0) is 29.9. The Labute approximate surface area is 246 Å². The van der Waals surface area contributed by atoms with Gasteiger partial charge in [0.05, 0.1) is 11.4 Å². The molecule has 0 unspecified atom stereocenters. The molecule has 0 fully saturated rings. The third kappa shape index (κ3) is 4.14. The first kappa shape index (κ1) is 27.2. The molecule has 0 aliphatic rings. The third-order valence-corrected chi connectivity index (χ3v) is 8.54. The summed E-state index contributed by atoms with van der Waals surface area (Å²) in [5, 5.41) is 5.56. The van der Waals surface area contributed by atoms with Crippen molar-refractivity contribution >= 4 is 55.5 Å². The van der Waals surface area contributed by atoms with E-state index >= 15 is 4.79 Å². The second-order valence-electron chi connectivity index (χ2n) is 11.4. The highest BCUT2D eigenvalue weighted by Gasteiger charge is 2.28. The molecule has 0 radical (unpaired) electrons. The molecular weight excluding hydrogens is 516 g/mol. The van der Waals surface area contributed by atoms with Crippen molar-refractivity contribution in [3.63, 3.8) is 0 Å². The fourth-order valence-corrected chi connectivity index (χ4v) is 6.65. The SMILES string of the molecule is Cc1cccc(C)c1N(C(=O)c1cc2cc(C(N)=O)c3cccc(C)c3c2c2c(C)cccc12)c1c(C)cccc1C. The molecule has 0 aliphatic carbocycles. The standard InChI is InChI=1S/C38H34N2O2/c1-21-11-9-17-28-30(37(39)41)19-27-20-31(29-18-10-12-22(2)33(29)34(27)32(21)28)38(42)40(35-23(3)13-7-14-24(35)4)36-25(5)15-8-16-26(36)6/h7-20H,1-6H3,(H2,39,41). The maximum Gasteiger partial charge on any atom is 0.263 e. The Kier molecular flexibility index (Phi) is 6.58. The lowest BCUT2D eigenvalue weighted by molar-refractivity contribution is 0.0993. The summed E-state index contributed by atoms with van der Waals surface area (Å²) in [6, 6.07) is 28.1. The number of aryl methyl sites for hydroxylation is 6. The lowest BCUT2D eigenvalue weighted by atomic mass is 9.87. The summed E-state index contributed by atoms with van der Waals surface area (Å²) in [6.45, 7) is 12.3. The Balaban J connectivity index is 1.77. The summed E-state index contributed by atoms with van der Waals surface area (Å²) < 4.78 is 0. The first-order valence-electron chi connectivity index (χ1n) is 14.2. The van der Waals surface area contributed by atoms with Crippen molar-refractivity contribution in [3.8, 4) is 0 Å². The van der Waals surface area contributed by atoms with Crippen LogP contribution in [0.3, 0.4) is 0 Å². The number of primary amides is 1. The van der Waals surface area contributed by atoms with Gasteiger partial charge in [-0.15, -0.1) is 0 Å². The smallest absolute Gasteiger partial charge is 0.263 e. The van der Waals surface area contributed by atoms with Crippen LogP contribution >= 0.6 is 0 Å². The molecule has 0 saturated carbocycles. The summed E-state index contributed by atoms with van der Waals surface area (Å²) in [4.78, 5) is 29.7. The van der Waals surface area contributed by atoms with Gasteiger partial charge >= 0.3 is 0 Å². The van der Waals surface area contributed by atoms with Crippen LogP contribution in [0.25, 0.3) is 32.3 Å². The Morgan fingerprint density at radius 1 is 0.524 bits per heavy atom. The minimum absolute atomic E-state index is 0.118. The van der Waals surface area contributed by atoms with Crippen molar-refractivity contribution in [3.05, 3.63) is 129 Å². The fraction of sp³-hybridized carbons (Fsp3) is 0.158. The number of nitrogens with zero attached hydrogens (tertiary/aromatic N) is 1. The molecular formula is C38H34N2O2. The minimum Gasteiger partial charge on any atom is -0.366 e. The Hall–Kier alpha value is -4.96. The number of hydrogen-bond donors (Lipinski definition) is 1. The monoisotopic (exact) mass is 550 g/mol. The van der Waals surface area contributed by atoms with Crippen LogP contribution in [0, 0.1) is 41.5 Å². The number of carbonyl (C=O) groups is 2. The van der Waals surface area contributed by atoms with E-state index in [9.17, 15) is 4.79 Å². The zero-order valence-corrected chi connectivity index (χ0v) is 24.9. The molecule has 2 amide bonds. The Bertz CT molecular complexity index is 2010. The molecule has 6 rings (SSSR count). The highest BCUT2D eigenvalue weighted by atomic mass is 16.2. The summed E-state index contributed by atoms with van der Waals surface area (Å²) in [5.74, 6) is -0.606. The van der Waals surface area contributed by atoms with Crippen LogP contribution in [0.5, 0.6) is 0 Å². The summed E-state index contributed by atoms with van der Waals surface area (Å²) in [6.07, 6.45) is 0. The number of anilines is 2. The topological polar surface area (TPSA) is 63.4 Å². The summed E-state index contributed by atoms with van der Waals surface area (Å²) in [5.41, 5.74) is 14.9. The van der Waals surface area contributed by atoms with Gasteiger partial charge in [-0.1, -0.05) is 72.8 Å². The molecule has 0 aliphatic heterocycles. The number of amides is 2. The fourth-order valence-electron chi connectivity index (χ4n) is 6.65. The van der Waals surface area contributed by atoms with Crippen LogP contribution in [0.4, 0.5) is 11.4 Å². The molecule has 6 aromatic carbocycles. The first-order chi connectivity index (χ1) is 20.1. The van der Waals surface area contributed by atoms with Gasteiger partial charge in [0.2, 0.25) is 5.91 Å². The number of para-hydroxylation sites is 2. The van der Waals surface area contributed by atoms with E-state index in [0.717, 1.165) is 77.1 Å². The van der Waals surface area contributed by atoms with Gasteiger partial charge in [-0.05, 0) is 119 Å². The zero-order valence-electron chi connectivity index (χ0n) is 24.9. The molecule has 0 aromatic heterocycles. The average molecular weight is 551 g/mol. The second-order valence-corrected chi connectivity index (χ2v) is 11.4. The molecule has 42 heavy (non-hydrogen) atoms. The number of hydrogen-bond acceptors (Lipinski definition) is 2. The Morgan fingerprint density at radius 3 is 1.36 bits per heavy atom. The van der Waals surface area contributed by atoms with Crippen molar-refractivity contribution in [2.24, 2.45) is 5.73 Å². The van der Waals surface area contributed by atoms with Crippen LogP contribution < -0.4 is 10.6 Å². The number of rotatable bonds is 4. The molecule has 4 heteroatoms. The van der Waals surface area contributed by atoms with Gasteiger partial charge in [0.15, 0.2) is 0 Å². The lowest BCUT2D eigenvalue weighted by Crippen LogP contribution is -2.29. The summed E-state index contributed by atoms with van der Waals surface area (Å²) >= 11 is 0. The molecule has 0 spiro atoms. The second kappa shape index (κ2) is 10.1. The maximum absolute atomic E-state index is 15.1. The molecule has 0 heterocycles. The van der Waals surface area contributed by atoms with Gasteiger partial charge in [0.1, 0.15) is 0 Å². The average Bonchev–Trinajstić information content (AvgIpc) is 2.94. The summed E-state index contributed by atoms with van der Waals surface area (Å²) in [7, 11) is 0. The van der Waals surface area contributed by atoms with Gasteiger partial charge in [0.25, 0.3) is 5.91 Å². The third-order valence-electron chi connectivity index (χ3n) is 8.54. The Morgan fingerprint density at radius 2 is 0.905 bits per heavy atom. The first-order valence-corrected chi connectivity index (χ1v) is 14.2. The van der Waals surface area contributed by atoms with Gasteiger partial charge in [0, 0.05) is 11.1 Å². The van der Waals surface area contributed by atoms with Gasteiger partial charge in [-0.2, -0.15) is 0 Å². The molecule has 2 N–H and O–H groups in total. The quantitative estimate of drug-likeness (QED) is 0.223. The van der Waals surface area contributed by atoms with E-state index < -0.39 is 5.91 Å². The van der Waals surface area contributed by atoms with E-state index in [-0.39, 0.29) is 5.91 Å². The number of nitrogens with two attached hydrogens (primary N) is 1. The van der Waals surface area contributed by atoms with E-state index in [1.807, 2.05) is 105 Å². The van der Waals surface area contributed by atoms with Crippen LogP contribution in [0.2, 0.25) is 0 Å². The van der Waals surface area contributed by atoms with Crippen molar-refractivity contribution in [2.75, 3.05) is 4.90 Å². The molecule has 0 bridgehead atoms. The maximum atomic E-state index is 15.1. The predicted octanol–water partition coefficient (Wildman–Crippen LogP) is 9.07.